The van der Waals surface area contributed by atoms with Crippen LogP contribution in [0.2, 0.25) is 10.0 Å². The molecule has 0 aliphatic rings. The molecule has 1 N–H and O–H groups in total. The van der Waals surface area contributed by atoms with Crippen LogP contribution >= 0.6 is 23.2 Å². The number of rotatable bonds is 4. The maximum absolute atomic E-state index is 12.1. The van der Waals surface area contributed by atoms with Crippen molar-refractivity contribution in [3.63, 3.8) is 0 Å². The predicted octanol–water partition coefficient (Wildman–Crippen LogP) is 4.52. The Kier molecular flexibility index (Phi) is 4.94. The Hall–Kier alpha value is -2.35. The first-order valence-electron chi connectivity index (χ1n) is 5.87. The minimum absolute atomic E-state index is 0.266. The number of anilines is 1. The molecule has 104 valence electrons. The second kappa shape index (κ2) is 6.89. The van der Waals surface area contributed by atoms with E-state index in [2.05, 4.69) is 15.4 Å². The SMILES string of the molecule is [C-]#[N+]/C(=N\Nc1cc(Cl)cc(Cl)c1)C(=O)c1ccccc1. The molecule has 6 heteroatoms. The number of nitrogens with zero attached hydrogens (tertiary/aromatic N) is 2. The molecule has 0 saturated carbocycles. The fraction of sp³-hybridized carbons (Fsp3) is 0. The number of amidine groups is 1. The van der Waals surface area contributed by atoms with Crippen molar-refractivity contribution < 1.29 is 4.79 Å². The number of Topliss-reactive ketones (excluding diaryl/α,β-unsaturated/α-hetero) is 1. The summed E-state index contributed by atoms with van der Waals surface area (Å²) in [5.41, 5.74) is 3.51. The highest BCUT2D eigenvalue weighted by Crippen LogP contribution is 2.22. The van der Waals surface area contributed by atoms with Gasteiger partial charge in [-0.05, 0) is 23.3 Å². The van der Waals surface area contributed by atoms with Gasteiger partial charge in [0.2, 0.25) is 5.78 Å². The van der Waals surface area contributed by atoms with Gasteiger partial charge in [-0.25, -0.2) is 5.43 Å². The second-order valence-corrected chi connectivity index (χ2v) is 4.89. The van der Waals surface area contributed by atoms with Crippen LogP contribution in [0.5, 0.6) is 0 Å². The van der Waals surface area contributed by atoms with E-state index in [-0.39, 0.29) is 5.84 Å². The summed E-state index contributed by atoms with van der Waals surface area (Å²) in [6, 6.07) is 13.2. The highest BCUT2D eigenvalue weighted by molar-refractivity contribution is 6.48. The summed E-state index contributed by atoms with van der Waals surface area (Å²) >= 11 is 11.7. The number of carbonyl (C=O) groups is 1. The number of hydrogen-bond donors (Lipinski definition) is 1. The van der Waals surface area contributed by atoms with Crippen molar-refractivity contribution in [2.24, 2.45) is 5.10 Å². The molecule has 2 aromatic rings. The van der Waals surface area contributed by atoms with E-state index in [4.69, 9.17) is 29.8 Å². The van der Waals surface area contributed by atoms with Crippen molar-refractivity contribution in [1.29, 1.82) is 0 Å². The van der Waals surface area contributed by atoms with Crippen molar-refractivity contribution in [1.82, 2.24) is 0 Å². The Morgan fingerprint density at radius 1 is 1.10 bits per heavy atom. The third kappa shape index (κ3) is 4.06. The maximum Gasteiger partial charge on any atom is 0.341 e. The van der Waals surface area contributed by atoms with Crippen LogP contribution in [0.25, 0.3) is 4.85 Å². The summed E-state index contributed by atoms with van der Waals surface area (Å²) in [4.78, 5) is 15.2. The van der Waals surface area contributed by atoms with Crippen LogP contribution < -0.4 is 5.43 Å². The van der Waals surface area contributed by atoms with Crippen molar-refractivity contribution in [3.8, 4) is 0 Å². The van der Waals surface area contributed by atoms with E-state index < -0.39 is 5.78 Å². The number of benzene rings is 2. The van der Waals surface area contributed by atoms with Crippen LogP contribution in [0, 0.1) is 6.57 Å². The standard InChI is InChI=1S/C15H9Cl2N3O/c1-18-15(14(21)10-5-3-2-4-6-10)20-19-13-8-11(16)7-12(17)9-13/h2-9,19H/b20-15-. The molecule has 0 saturated heterocycles. The number of carbonyl (C=O) groups excluding carboxylic acids is 1. The number of hydrazone groups is 1. The van der Waals surface area contributed by atoms with Crippen LogP contribution in [0.4, 0.5) is 5.69 Å². The van der Waals surface area contributed by atoms with Gasteiger partial charge in [0, 0.05) is 15.6 Å². The lowest BCUT2D eigenvalue weighted by Crippen LogP contribution is -2.12. The smallest absolute Gasteiger partial charge is 0.341 e. The van der Waals surface area contributed by atoms with Crippen LogP contribution in [-0.2, 0) is 0 Å². The number of hydrogen-bond acceptors (Lipinski definition) is 3. The first-order valence-corrected chi connectivity index (χ1v) is 6.63. The van der Waals surface area contributed by atoms with Crippen molar-refractivity contribution in [2.45, 2.75) is 0 Å². The highest BCUT2D eigenvalue weighted by atomic mass is 35.5. The molecule has 0 atom stereocenters. The molecule has 21 heavy (non-hydrogen) atoms. The van der Waals surface area contributed by atoms with E-state index in [1.165, 1.54) is 0 Å². The van der Waals surface area contributed by atoms with Gasteiger partial charge in [-0.2, -0.15) is 0 Å². The highest BCUT2D eigenvalue weighted by Gasteiger charge is 2.14. The van der Waals surface area contributed by atoms with Gasteiger partial charge in [0.25, 0.3) is 0 Å². The first kappa shape index (κ1) is 15.0. The van der Waals surface area contributed by atoms with Crippen molar-refractivity contribution in [2.75, 3.05) is 5.43 Å². The Morgan fingerprint density at radius 3 is 2.29 bits per heavy atom. The molecule has 0 aliphatic carbocycles. The normalized spacial score (nSPS) is 10.8. The topological polar surface area (TPSA) is 45.8 Å². The molecule has 0 radical (unpaired) electrons. The molecule has 0 aliphatic heterocycles. The number of halogens is 2. The molecular formula is C15H9Cl2N3O. The Morgan fingerprint density at radius 2 is 1.71 bits per heavy atom. The number of nitrogens with one attached hydrogen (secondary N) is 1. The Balaban J connectivity index is 2.22. The summed E-state index contributed by atoms with van der Waals surface area (Å²) < 4.78 is 0. The zero-order valence-corrected chi connectivity index (χ0v) is 12.2. The van der Waals surface area contributed by atoms with Crippen LogP contribution in [0.3, 0.4) is 0 Å². The van der Waals surface area contributed by atoms with Crippen LogP contribution in [0.1, 0.15) is 10.4 Å². The Labute approximate surface area is 131 Å². The van der Waals surface area contributed by atoms with Crippen molar-refractivity contribution >= 4 is 40.5 Å². The lowest BCUT2D eigenvalue weighted by Gasteiger charge is -2.01. The minimum Gasteiger partial charge on any atom is -0.356 e. The summed E-state index contributed by atoms with van der Waals surface area (Å²) in [7, 11) is 0. The second-order valence-electron chi connectivity index (χ2n) is 4.01. The quantitative estimate of drug-likeness (QED) is 0.296. The van der Waals surface area contributed by atoms with E-state index in [9.17, 15) is 4.79 Å². The van der Waals surface area contributed by atoms with Gasteiger partial charge in [-0.3, -0.25) is 0 Å². The monoisotopic (exact) mass is 317 g/mol. The molecule has 2 rings (SSSR count). The molecule has 0 amide bonds. The lowest BCUT2D eigenvalue weighted by molar-refractivity contribution is 0.106. The minimum atomic E-state index is -0.453. The van der Waals surface area contributed by atoms with Gasteiger partial charge in [-0.15, -0.1) is 0 Å². The van der Waals surface area contributed by atoms with Crippen molar-refractivity contribution in [3.05, 3.63) is 75.6 Å². The first-order chi connectivity index (χ1) is 10.1. The van der Waals surface area contributed by atoms with Gasteiger partial charge in [0.1, 0.15) is 0 Å². The zero-order chi connectivity index (χ0) is 15.2. The maximum atomic E-state index is 12.1. The lowest BCUT2D eigenvalue weighted by atomic mass is 10.1. The van der Waals surface area contributed by atoms with E-state index in [1.54, 1.807) is 48.5 Å². The fourth-order valence-corrected chi connectivity index (χ4v) is 2.11. The van der Waals surface area contributed by atoms with Gasteiger partial charge >= 0.3 is 5.84 Å². The molecule has 0 spiro atoms. The molecule has 2 aromatic carbocycles. The van der Waals surface area contributed by atoms with E-state index in [1.807, 2.05) is 0 Å². The summed E-state index contributed by atoms with van der Waals surface area (Å²) in [6.07, 6.45) is 0. The third-order valence-corrected chi connectivity index (χ3v) is 2.93. The Bertz CT molecular complexity index is 716. The van der Waals surface area contributed by atoms with Crippen LogP contribution in [-0.4, -0.2) is 11.6 Å². The van der Waals surface area contributed by atoms with Gasteiger partial charge in [0.05, 0.1) is 5.69 Å². The third-order valence-electron chi connectivity index (χ3n) is 2.50. The van der Waals surface area contributed by atoms with Gasteiger partial charge < -0.3 is 9.64 Å². The van der Waals surface area contributed by atoms with Gasteiger partial charge in [0.15, 0.2) is 0 Å². The number of ketones is 1. The fourth-order valence-electron chi connectivity index (χ4n) is 1.58. The summed E-state index contributed by atoms with van der Waals surface area (Å²) in [5.74, 6) is -0.719. The molecule has 0 heterocycles. The molecule has 4 nitrogen and oxygen atoms in total. The molecular weight excluding hydrogens is 309 g/mol. The largest absolute Gasteiger partial charge is 0.356 e. The van der Waals surface area contributed by atoms with Gasteiger partial charge in [-0.1, -0.05) is 60.1 Å². The van der Waals surface area contributed by atoms with E-state index >= 15 is 0 Å². The average molecular weight is 318 g/mol. The molecule has 0 unspecified atom stereocenters. The zero-order valence-electron chi connectivity index (χ0n) is 10.7. The average Bonchev–Trinajstić information content (AvgIpc) is 2.47. The van der Waals surface area contributed by atoms with Crippen LogP contribution in [0.15, 0.2) is 53.6 Å². The molecule has 0 bridgehead atoms. The molecule has 0 fully saturated rings. The van der Waals surface area contributed by atoms with E-state index in [0.29, 0.717) is 21.3 Å². The summed E-state index contributed by atoms with van der Waals surface area (Å²) in [6.45, 7) is 7.07. The van der Waals surface area contributed by atoms with E-state index in [0.717, 1.165) is 0 Å². The molecule has 0 aromatic heterocycles. The predicted molar refractivity (Wildman–Crippen MR) is 84.9 cm³/mol. The summed E-state index contributed by atoms with van der Waals surface area (Å²) in [5, 5.41) is 4.68.